The topological polar surface area (TPSA) is 93.1 Å². The quantitative estimate of drug-likeness (QED) is 0.379. The molecule has 0 heterocycles. The average molecular weight is 322 g/mol. The summed E-state index contributed by atoms with van der Waals surface area (Å²) < 4.78 is 0. The molecule has 0 atom stereocenters. The van der Waals surface area contributed by atoms with Gasteiger partial charge in [-0.15, -0.1) is 0 Å². The summed E-state index contributed by atoms with van der Waals surface area (Å²) in [6.07, 6.45) is 4.51. The molecule has 0 saturated heterocycles. The van der Waals surface area contributed by atoms with Gasteiger partial charge in [0.1, 0.15) is 0 Å². The molecule has 0 aromatic heterocycles. The lowest BCUT2D eigenvalue weighted by Crippen LogP contribution is -2.03. The summed E-state index contributed by atoms with van der Waals surface area (Å²) >= 11 is 0. The molecule has 2 N–H and O–H groups in total. The summed E-state index contributed by atoms with van der Waals surface area (Å²) in [5.41, 5.74) is 0. The zero-order valence-electron chi connectivity index (χ0n) is 14.9. The van der Waals surface area contributed by atoms with Gasteiger partial charge >= 0.3 is 11.9 Å². The fraction of sp³-hybridized carbons (Fsp3) is 0.875. The third-order valence-corrected chi connectivity index (χ3v) is 2.23. The van der Waals surface area contributed by atoms with Crippen molar-refractivity contribution in [3.63, 3.8) is 0 Å². The highest BCUT2D eigenvalue weighted by atomic mass is 17.2. The second-order valence-corrected chi connectivity index (χ2v) is 5.34. The molecule has 0 rings (SSSR count). The predicted molar refractivity (Wildman–Crippen MR) is 86.7 cm³/mol. The van der Waals surface area contributed by atoms with Crippen molar-refractivity contribution in [2.24, 2.45) is 11.8 Å². The van der Waals surface area contributed by atoms with E-state index < -0.39 is 11.9 Å². The van der Waals surface area contributed by atoms with E-state index in [9.17, 15) is 9.59 Å². The Bertz CT molecular complexity index is 225. The lowest BCUT2D eigenvalue weighted by Gasteiger charge is -2.00. The lowest BCUT2D eigenvalue weighted by molar-refractivity contribution is -0.295. The van der Waals surface area contributed by atoms with Crippen LogP contribution in [-0.2, 0) is 19.4 Å². The van der Waals surface area contributed by atoms with Crippen LogP contribution in [0.4, 0.5) is 0 Å². The average Bonchev–Trinajstić information content (AvgIpc) is 2.44. The molecule has 134 valence electrons. The summed E-state index contributed by atoms with van der Waals surface area (Å²) in [5, 5.41) is 16.0. The number of rotatable bonds is 9. The minimum atomic E-state index is -0.741. The third kappa shape index (κ3) is 31.3. The molecule has 0 fully saturated rings. The Kier molecular flexibility index (Phi) is 23.3. The Balaban J connectivity index is -0.000000261. The predicted octanol–water partition coefficient (Wildman–Crippen LogP) is 3.99. The van der Waals surface area contributed by atoms with Crippen LogP contribution >= 0.6 is 0 Å². The Labute approximate surface area is 134 Å². The van der Waals surface area contributed by atoms with Gasteiger partial charge in [-0.1, -0.05) is 54.4 Å². The fourth-order valence-corrected chi connectivity index (χ4v) is 0.524. The second kappa shape index (κ2) is 19.9. The maximum Gasteiger partial charge on any atom is 0.305 e. The van der Waals surface area contributed by atoms with E-state index in [-0.39, 0.29) is 11.8 Å². The summed E-state index contributed by atoms with van der Waals surface area (Å²) in [6, 6.07) is 0. The number of hydrogen-bond donors (Lipinski definition) is 2. The molecular weight excluding hydrogens is 288 g/mol. The van der Waals surface area contributed by atoms with Crippen LogP contribution in [0.3, 0.4) is 0 Å². The van der Waals surface area contributed by atoms with Crippen molar-refractivity contribution in [2.45, 2.75) is 67.2 Å². The van der Waals surface area contributed by atoms with Crippen LogP contribution in [0.5, 0.6) is 0 Å². The first-order valence-electron chi connectivity index (χ1n) is 7.90. The molecule has 0 aromatic rings. The summed E-state index contributed by atoms with van der Waals surface area (Å²) in [7, 11) is 0. The molecule has 0 aliphatic heterocycles. The lowest BCUT2D eigenvalue weighted by atomic mass is 10.2. The molecular formula is C16H34O6. The Morgan fingerprint density at radius 1 is 0.773 bits per heavy atom. The molecule has 0 aliphatic carbocycles. The van der Waals surface area contributed by atoms with E-state index >= 15 is 0 Å². The normalized spacial score (nSPS) is 9.64. The van der Waals surface area contributed by atoms with Crippen LogP contribution in [0.25, 0.3) is 0 Å². The molecule has 0 aliphatic rings. The number of carboxylic acid groups (broad SMARTS) is 2. The van der Waals surface area contributed by atoms with Crippen molar-refractivity contribution in [3.8, 4) is 0 Å². The maximum atomic E-state index is 9.70. The van der Waals surface area contributed by atoms with Gasteiger partial charge in [0.2, 0.25) is 0 Å². The van der Waals surface area contributed by atoms with Crippen molar-refractivity contribution in [2.75, 3.05) is 13.2 Å². The van der Waals surface area contributed by atoms with Crippen LogP contribution in [0.2, 0.25) is 0 Å². The minimum absolute atomic E-state index is 0.231. The minimum Gasteiger partial charge on any atom is -0.481 e. The van der Waals surface area contributed by atoms with E-state index in [0.717, 1.165) is 38.9 Å². The number of aliphatic carboxylic acids is 2. The van der Waals surface area contributed by atoms with Gasteiger partial charge in [-0.3, -0.25) is 9.59 Å². The Morgan fingerprint density at radius 2 is 1.00 bits per heavy atom. The van der Waals surface area contributed by atoms with E-state index in [1.165, 1.54) is 0 Å². The van der Waals surface area contributed by atoms with Crippen molar-refractivity contribution in [1.82, 2.24) is 0 Å². The molecule has 0 saturated carbocycles. The van der Waals surface area contributed by atoms with Crippen LogP contribution in [0.1, 0.15) is 67.2 Å². The molecule has 0 unspecified atom stereocenters. The third-order valence-electron chi connectivity index (χ3n) is 2.23. The second-order valence-electron chi connectivity index (χ2n) is 5.34. The van der Waals surface area contributed by atoms with Gasteiger partial charge in [-0.05, 0) is 12.8 Å². The molecule has 0 aromatic carbocycles. The molecule has 0 radical (unpaired) electrons. The molecule has 0 spiro atoms. The molecule has 6 nitrogen and oxygen atoms in total. The van der Waals surface area contributed by atoms with Crippen LogP contribution < -0.4 is 0 Å². The SMILES string of the molecule is CC(C)C(=O)O.CC(C)C(=O)O.CCCCOOCCCC. The van der Waals surface area contributed by atoms with E-state index in [0.29, 0.717) is 0 Å². The van der Waals surface area contributed by atoms with Crippen LogP contribution in [-0.4, -0.2) is 35.4 Å². The highest BCUT2D eigenvalue weighted by Crippen LogP contribution is 1.91. The largest absolute Gasteiger partial charge is 0.481 e. The van der Waals surface area contributed by atoms with E-state index in [4.69, 9.17) is 20.0 Å². The summed E-state index contributed by atoms with van der Waals surface area (Å²) in [4.78, 5) is 29.2. The van der Waals surface area contributed by atoms with Crippen molar-refractivity contribution in [3.05, 3.63) is 0 Å². The summed E-state index contributed by atoms with van der Waals surface area (Å²) in [6.45, 7) is 12.3. The standard InChI is InChI=1S/C8H18O2.2C4H8O2/c1-3-5-7-9-10-8-6-4-2;2*1-3(2)4(5)6/h3-8H2,1-2H3;2*3H,1-2H3,(H,5,6). The van der Waals surface area contributed by atoms with E-state index in [1.54, 1.807) is 27.7 Å². The Morgan fingerprint density at radius 3 is 1.14 bits per heavy atom. The first kappa shape index (κ1) is 25.8. The van der Waals surface area contributed by atoms with E-state index in [1.807, 2.05) is 0 Å². The first-order valence-corrected chi connectivity index (χ1v) is 7.90. The van der Waals surface area contributed by atoms with Crippen molar-refractivity contribution < 1.29 is 29.6 Å². The zero-order chi connectivity index (χ0) is 18.0. The van der Waals surface area contributed by atoms with Crippen molar-refractivity contribution in [1.29, 1.82) is 0 Å². The monoisotopic (exact) mass is 322 g/mol. The fourth-order valence-electron chi connectivity index (χ4n) is 0.524. The van der Waals surface area contributed by atoms with Gasteiger partial charge in [0, 0.05) is 0 Å². The highest BCUT2D eigenvalue weighted by Gasteiger charge is 1.99. The van der Waals surface area contributed by atoms with Crippen LogP contribution in [0.15, 0.2) is 0 Å². The van der Waals surface area contributed by atoms with Crippen molar-refractivity contribution >= 4 is 11.9 Å². The number of hydrogen-bond acceptors (Lipinski definition) is 4. The number of carboxylic acids is 2. The van der Waals surface area contributed by atoms with Gasteiger partial charge in [0.05, 0.1) is 25.0 Å². The van der Waals surface area contributed by atoms with Gasteiger partial charge in [-0.2, -0.15) is 0 Å². The number of unbranched alkanes of at least 4 members (excludes halogenated alkanes) is 2. The van der Waals surface area contributed by atoms with Gasteiger partial charge in [0.25, 0.3) is 0 Å². The van der Waals surface area contributed by atoms with Gasteiger partial charge < -0.3 is 10.2 Å². The number of carbonyl (C=O) groups is 2. The van der Waals surface area contributed by atoms with E-state index in [2.05, 4.69) is 13.8 Å². The molecule has 0 bridgehead atoms. The van der Waals surface area contributed by atoms with Gasteiger partial charge in [-0.25, -0.2) is 9.78 Å². The summed E-state index contributed by atoms with van der Waals surface area (Å²) in [5.74, 6) is -1.94. The highest BCUT2D eigenvalue weighted by molar-refractivity contribution is 5.69. The molecule has 22 heavy (non-hydrogen) atoms. The van der Waals surface area contributed by atoms with Gasteiger partial charge in [0.15, 0.2) is 0 Å². The zero-order valence-corrected chi connectivity index (χ0v) is 14.9. The molecule has 6 heteroatoms. The van der Waals surface area contributed by atoms with Crippen LogP contribution in [0, 0.1) is 11.8 Å². The smallest absolute Gasteiger partial charge is 0.305 e. The molecule has 0 amide bonds. The first-order chi connectivity index (χ1) is 10.2. The maximum absolute atomic E-state index is 9.70. The Hall–Kier alpha value is -1.14.